The molecule has 4 nitrogen and oxygen atoms in total. The van der Waals surface area contributed by atoms with Crippen molar-refractivity contribution in [2.45, 2.75) is 39.2 Å². The second-order valence-electron chi connectivity index (χ2n) is 5.16. The Hall–Kier alpha value is -1.07. The minimum atomic E-state index is -2.88. The molecule has 0 bridgehead atoms. The Bertz CT molecular complexity index is 514. The molecule has 0 saturated heterocycles. The standard InChI is InChI=1S/C16H27NO3S/c1-4-11-17-16(10-7-12-21(18,19)5-2)14-8-6-9-15(13-14)20-3/h6,8-9,13,16-17H,4-5,7,10-12H2,1-3H3. The van der Waals surface area contributed by atoms with E-state index in [2.05, 4.69) is 18.3 Å². The van der Waals surface area contributed by atoms with E-state index in [0.29, 0.717) is 6.42 Å². The molecule has 0 aromatic heterocycles. The van der Waals surface area contributed by atoms with Crippen LogP contribution in [0.3, 0.4) is 0 Å². The number of methoxy groups -OCH3 is 1. The number of hydrogen-bond donors (Lipinski definition) is 1. The molecule has 1 rings (SSSR count). The number of ether oxygens (including phenoxy) is 1. The van der Waals surface area contributed by atoms with Gasteiger partial charge in [-0.2, -0.15) is 0 Å². The van der Waals surface area contributed by atoms with Gasteiger partial charge in [0.1, 0.15) is 15.6 Å². The molecule has 1 unspecified atom stereocenters. The topological polar surface area (TPSA) is 55.4 Å². The van der Waals surface area contributed by atoms with Crippen molar-refractivity contribution in [3.63, 3.8) is 0 Å². The molecule has 1 N–H and O–H groups in total. The van der Waals surface area contributed by atoms with Crippen LogP contribution >= 0.6 is 0 Å². The predicted molar refractivity (Wildman–Crippen MR) is 87.6 cm³/mol. The zero-order valence-corrected chi connectivity index (χ0v) is 14.1. The summed E-state index contributed by atoms with van der Waals surface area (Å²) in [7, 11) is -1.23. The largest absolute Gasteiger partial charge is 0.497 e. The molecule has 1 atom stereocenters. The summed E-state index contributed by atoms with van der Waals surface area (Å²) in [5.74, 6) is 1.31. The number of benzene rings is 1. The molecule has 0 spiro atoms. The normalized spacial score (nSPS) is 13.1. The van der Waals surface area contributed by atoms with Crippen molar-refractivity contribution in [1.29, 1.82) is 0 Å². The summed E-state index contributed by atoms with van der Waals surface area (Å²) >= 11 is 0. The van der Waals surface area contributed by atoms with Crippen LogP contribution in [-0.4, -0.2) is 33.6 Å². The summed E-state index contributed by atoms with van der Waals surface area (Å²) in [5.41, 5.74) is 1.15. The predicted octanol–water partition coefficient (Wildman–Crippen LogP) is 2.95. The van der Waals surface area contributed by atoms with Crippen LogP contribution in [0.4, 0.5) is 0 Å². The van der Waals surface area contributed by atoms with E-state index in [1.807, 2.05) is 18.2 Å². The van der Waals surface area contributed by atoms with Gasteiger partial charge in [-0.15, -0.1) is 0 Å². The Morgan fingerprint density at radius 1 is 1.29 bits per heavy atom. The zero-order valence-electron chi connectivity index (χ0n) is 13.3. The second-order valence-corrected chi connectivity index (χ2v) is 7.63. The van der Waals surface area contributed by atoms with Crippen molar-refractivity contribution in [1.82, 2.24) is 5.32 Å². The van der Waals surface area contributed by atoms with Crippen LogP contribution in [-0.2, 0) is 9.84 Å². The first-order chi connectivity index (χ1) is 10.0. The van der Waals surface area contributed by atoms with Gasteiger partial charge in [-0.3, -0.25) is 0 Å². The van der Waals surface area contributed by atoms with Gasteiger partial charge in [0.05, 0.1) is 12.9 Å². The van der Waals surface area contributed by atoms with E-state index in [1.165, 1.54) is 0 Å². The van der Waals surface area contributed by atoms with Gasteiger partial charge in [0.25, 0.3) is 0 Å². The SMILES string of the molecule is CCCNC(CCCS(=O)(=O)CC)c1cccc(OC)c1. The number of sulfone groups is 1. The van der Waals surface area contributed by atoms with Crippen LogP contribution in [0.15, 0.2) is 24.3 Å². The van der Waals surface area contributed by atoms with Gasteiger partial charge in [-0.25, -0.2) is 8.42 Å². The van der Waals surface area contributed by atoms with Crippen LogP contribution < -0.4 is 10.1 Å². The fourth-order valence-corrected chi connectivity index (χ4v) is 3.11. The first kappa shape index (κ1) is 18.0. The smallest absolute Gasteiger partial charge is 0.150 e. The van der Waals surface area contributed by atoms with Crippen LogP contribution in [0.5, 0.6) is 5.75 Å². The minimum Gasteiger partial charge on any atom is -0.497 e. The summed E-state index contributed by atoms with van der Waals surface area (Å²) in [5, 5.41) is 3.49. The van der Waals surface area contributed by atoms with E-state index < -0.39 is 9.84 Å². The molecule has 0 amide bonds. The third-order valence-corrected chi connectivity index (χ3v) is 5.32. The van der Waals surface area contributed by atoms with Crippen molar-refractivity contribution in [3.8, 4) is 5.75 Å². The maximum Gasteiger partial charge on any atom is 0.150 e. The first-order valence-electron chi connectivity index (χ1n) is 7.60. The van der Waals surface area contributed by atoms with Crippen molar-refractivity contribution >= 4 is 9.84 Å². The molecule has 1 aromatic carbocycles. The third kappa shape index (κ3) is 6.48. The summed E-state index contributed by atoms with van der Waals surface area (Å²) in [6.07, 6.45) is 2.54. The lowest BCUT2D eigenvalue weighted by molar-refractivity contribution is 0.412. The molecule has 0 heterocycles. The Labute approximate surface area is 128 Å². The van der Waals surface area contributed by atoms with Crippen molar-refractivity contribution < 1.29 is 13.2 Å². The fourth-order valence-electron chi connectivity index (χ4n) is 2.22. The van der Waals surface area contributed by atoms with Crippen molar-refractivity contribution in [3.05, 3.63) is 29.8 Å². The number of hydrogen-bond acceptors (Lipinski definition) is 4. The fraction of sp³-hybridized carbons (Fsp3) is 0.625. The zero-order chi connectivity index (χ0) is 15.7. The van der Waals surface area contributed by atoms with E-state index in [0.717, 1.165) is 30.7 Å². The average Bonchev–Trinajstić information content (AvgIpc) is 2.50. The summed E-state index contributed by atoms with van der Waals surface area (Å²) < 4.78 is 28.4. The van der Waals surface area contributed by atoms with Gasteiger partial charge < -0.3 is 10.1 Å². The molecule has 1 aromatic rings. The maximum atomic E-state index is 11.6. The second kappa shape index (κ2) is 9.05. The Kier molecular flexibility index (Phi) is 7.75. The molecule has 120 valence electrons. The maximum absolute atomic E-state index is 11.6. The lowest BCUT2D eigenvalue weighted by Gasteiger charge is -2.19. The van der Waals surface area contributed by atoms with E-state index >= 15 is 0 Å². The molecule has 0 aliphatic rings. The van der Waals surface area contributed by atoms with E-state index in [1.54, 1.807) is 14.0 Å². The molecule has 0 saturated carbocycles. The van der Waals surface area contributed by atoms with Crippen molar-refractivity contribution in [2.24, 2.45) is 0 Å². The van der Waals surface area contributed by atoms with Gasteiger partial charge in [-0.05, 0) is 43.5 Å². The lowest BCUT2D eigenvalue weighted by Crippen LogP contribution is -2.23. The number of rotatable bonds is 10. The number of nitrogens with one attached hydrogen (secondary N) is 1. The van der Waals surface area contributed by atoms with Gasteiger partial charge >= 0.3 is 0 Å². The summed E-state index contributed by atoms with van der Waals surface area (Å²) in [6, 6.07) is 8.14. The first-order valence-corrected chi connectivity index (χ1v) is 9.42. The van der Waals surface area contributed by atoms with Gasteiger partial charge in [0.15, 0.2) is 0 Å². The highest BCUT2D eigenvalue weighted by Gasteiger charge is 2.14. The lowest BCUT2D eigenvalue weighted by atomic mass is 10.0. The van der Waals surface area contributed by atoms with Crippen molar-refractivity contribution in [2.75, 3.05) is 25.2 Å². The summed E-state index contributed by atoms with van der Waals surface area (Å²) in [6.45, 7) is 4.74. The highest BCUT2D eigenvalue weighted by Crippen LogP contribution is 2.23. The third-order valence-electron chi connectivity index (χ3n) is 3.52. The van der Waals surface area contributed by atoms with Crippen LogP contribution in [0.25, 0.3) is 0 Å². The van der Waals surface area contributed by atoms with Gasteiger partial charge in [-0.1, -0.05) is 26.0 Å². The molecule has 0 radical (unpaired) electrons. The van der Waals surface area contributed by atoms with Crippen LogP contribution in [0, 0.1) is 0 Å². The highest BCUT2D eigenvalue weighted by molar-refractivity contribution is 7.91. The van der Waals surface area contributed by atoms with Crippen LogP contribution in [0.2, 0.25) is 0 Å². The van der Waals surface area contributed by atoms with Gasteiger partial charge in [0.2, 0.25) is 0 Å². The quantitative estimate of drug-likeness (QED) is 0.721. The van der Waals surface area contributed by atoms with Crippen LogP contribution in [0.1, 0.15) is 44.7 Å². The Balaban J connectivity index is 2.70. The Morgan fingerprint density at radius 2 is 2.05 bits per heavy atom. The average molecular weight is 313 g/mol. The molecular weight excluding hydrogens is 286 g/mol. The van der Waals surface area contributed by atoms with E-state index in [-0.39, 0.29) is 17.5 Å². The van der Waals surface area contributed by atoms with E-state index in [9.17, 15) is 8.42 Å². The molecular formula is C16H27NO3S. The molecule has 21 heavy (non-hydrogen) atoms. The van der Waals surface area contributed by atoms with E-state index in [4.69, 9.17) is 4.74 Å². The molecule has 0 aliphatic heterocycles. The monoisotopic (exact) mass is 313 g/mol. The molecule has 5 heteroatoms. The highest BCUT2D eigenvalue weighted by atomic mass is 32.2. The Morgan fingerprint density at radius 3 is 2.67 bits per heavy atom. The summed E-state index contributed by atoms with van der Waals surface area (Å²) in [4.78, 5) is 0. The molecule has 0 fully saturated rings. The minimum absolute atomic E-state index is 0.173. The van der Waals surface area contributed by atoms with Gasteiger partial charge in [0, 0.05) is 11.8 Å². The molecule has 0 aliphatic carbocycles.